The molecule has 0 unspecified atom stereocenters. The fourth-order valence-corrected chi connectivity index (χ4v) is 4.05. The van der Waals surface area contributed by atoms with Crippen LogP contribution in [0.4, 0.5) is 5.69 Å². The van der Waals surface area contributed by atoms with Gasteiger partial charge in [-0.15, -0.1) is 11.3 Å². The van der Waals surface area contributed by atoms with Crippen molar-refractivity contribution < 1.29 is 4.79 Å². The van der Waals surface area contributed by atoms with Gasteiger partial charge in [0, 0.05) is 16.1 Å². The van der Waals surface area contributed by atoms with E-state index < -0.39 is 0 Å². The normalized spacial score (nSPS) is 10.9. The Kier molecular flexibility index (Phi) is 4.87. The highest BCUT2D eigenvalue weighted by Crippen LogP contribution is 2.33. The van der Waals surface area contributed by atoms with Crippen molar-refractivity contribution in [3.05, 3.63) is 81.1 Å². The number of aromatic nitrogens is 1. The number of anilines is 1. The molecule has 1 amide bonds. The summed E-state index contributed by atoms with van der Waals surface area (Å²) < 4.78 is 0.681. The van der Waals surface area contributed by atoms with Crippen molar-refractivity contribution in [3.63, 3.8) is 0 Å². The van der Waals surface area contributed by atoms with E-state index in [0.29, 0.717) is 20.6 Å². The molecule has 2 heterocycles. The van der Waals surface area contributed by atoms with Crippen LogP contribution in [0.15, 0.2) is 60.7 Å². The molecule has 0 bridgehead atoms. The molecule has 0 aliphatic carbocycles. The highest BCUT2D eigenvalue weighted by atomic mass is 35.5. The van der Waals surface area contributed by atoms with E-state index in [-0.39, 0.29) is 5.91 Å². The minimum absolute atomic E-state index is 0.206. The van der Waals surface area contributed by atoms with Gasteiger partial charge in [0.15, 0.2) is 0 Å². The van der Waals surface area contributed by atoms with Gasteiger partial charge >= 0.3 is 0 Å². The molecule has 2 aromatic carbocycles. The van der Waals surface area contributed by atoms with Crippen LogP contribution in [0.2, 0.25) is 9.36 Å². The summed E-state index contributed by atoms with van der Waals surface area (Å²) in [4.78, 5) is 18.7. The lowest BCUT2D eigenvalue weighted by Crippen LogP contribution is -2.14. The zero-order chi connectivity index (χ0) is 19.0. The number of nitrogens with one attached hydrogen (secondary N) is 1. The van der Waals surface area contributed by atoms with Gasteiger partial charge in [-0.2, -0.15) is 0 Å². The molecular weight excluding hydrogens is 399 g/mol. The fraction of sp³-hybridized carbons (Fsp3) is 0.0476. The maximum Gasteiger partial charge on any atom is 0.256 e. The zero-order valence-corrected chi connectivity index (χ0v) is 16.6. The van der Waals surface area contributed by atoms with E-state index in [9.17, 15) is 4.79 Å². The van der Waals surface area contributed by atoms with E-state index in [1.54, 1.807) is 12.1 Å². The first-order chi connectivity index (χ1) is 13.0. The summed E-state index contributed by atoms with van der Waals surface area (Å²) in [6.45, 7) is 1.88. The van der Waals surface area contributed by atoms with Gasteiger partial charge in [-0.25, -0.2) is 4.98 Å². The van der Waals surface area contributed by atoms with Crippen LogP contribution >= 0.6 is 34.5 Å². The standard InChI is InChI=1S/C21H14Cl2N2OS/c1-12-15(22)6-4-8-16(12)25-21(26)14-11-18(19-9-10-20(23)27-19)24-17-7-3-2-5-13(14)17/h2-11H,1H3,(H,25,26). The van der Waals surface area contributed by atoms with Gasteiger partial charge in [0.25, 0.3) is 5.91 Å². The van der Waals surface area contributed by atoms with Crippen LogP contribution in [0.5, 0.6) is 0 Å². The summed E-state index contributed by atoms with van der Waals surface area (Å²) in [5, 5.41) is 4.37. The lowest BCUT2D eigenvalue weighted by molar-refractivity contribution is 0.102. The van der Waals surface area contributed by atoms with Crippen LogP contribution in [-0.4, -0.2) is 10.9 Å². The number of halogens is 2. The van der Waals surface area contributed by atoms with Crippen molar-refractivity contribution in [2.24, 2.45) is 0 Å². The van der Waals surface area contributed by atoms with E-state index in [1.807, 2.05) is 55.5 Å². The smallest absolute Gasteiger partial charge is 0.256 e. The number of pyridine rings is 1. The maximum atomic E-state index is 13.1. The Hall–Kier alpha value is -2.40. The molecule has 27 heavy (non-hydrogen) atoms. The second-order valence-corrected chi connectivity index (χ2v) is 8.16. The minimum Gasteiger partial charge on any atom is -0.322 e. The summed E-state index contributed by atoms with van der Waals surface area (Å²) >= 11 is 13.7. The Bertz CT molecular complexity index is 1170. The van der Waals surface area contributed by atoms with Crippen molar-refractivity contribution in [1.82, 2.24) is 4.98 Å². The number of amides is 1. The predicted octanol–water partition coefficient (Wildman–Crippen LogP) is 6.83. The van der Waals surface area contributed by atoms with Crippen molar-refractivity contribution in [1.29, 1.82) is 0 Å². The van der Waals surface area contributed by atoms with Gasteiger partial charge in [-0.1, -0.05) is 47.5 Å². The van der Waals surface area contributed by atoms with E-state index in [1.165, 1.54) is 11.3 Å². The van der Waals surface area contributed by atoms with Crippen molar-refractivity contribution in [2.45, 2.75) is 6.92 Å². The molecule has 134 valence electrons. The number of benzene rings is 2. The van der Waals surface area contributed by atoms with Crippen LogP contribution in [0.3, 0.4) is 0 Å². The molecule has 4 rings (SSSR count). The molecule has 0 aliphatic rings. The number of thiophene rings is 1. The molecule has 0 atom stereocenters. The Morgan fingerprint density at radius 2 is 1.85 bits per heavy atom. The highest BCUT2D eigenvalue weighted by molar-refractivity contribution is 7.19. The van der Waals surface area contributed by atoms with Gasteiger partial charge in [-0.05, 0) is 48.9 Å². The van der Waals surface area contributed by atoms with Crippen LogP contribution < -0.4 is 5.32 Å². The second kappa shape index (κ2) is 7.31. The number of fused-ring (bicyclic) bond motifs is 1. The number of rotatable bonds is 3. The second-order valence-electron chi connectivity index (χ2n) is 6.04. The van der Waals surface area contributed by atoms with Gasteiger partial charge in [0.2, 0.25) is 0 Å². The molecular formula is C21H14Cl2N2OS. The number of hydrogen-bond acceptors (Lipinski definition) is 3. The number of carbonyl (C=O) groups excluding carboxylic acids is 1. The molecule has 0 aliphatic heterocycles. The zero-order valence-electron chi connectivity index (χ0n) is 14.3. The lowest BCUT2D eigenvalue weighted by Gasteiger charge is -2.12. The maximum absolute atomic E-state index is 13.1. The van der Waals surface area contributed by atoms with Crippen LogP contribution in [0.1, 0.15) is 15.9 Å². The number of carbonyl (C=O) groups is 1. The molecule has 4 aromatic rings. The average Bonchev–Trinajstić information content (AvgIpc) is 3.11. The first-order valence-electron chi connectivity index (χ1n) is 8.25. The number of hydrogen-bond donors (Lipinski definition) is 1. The largest absolute Gasteiger partial charge is 0.322 e. The molecule has 0 saturated carbocycles. The SMILES string of the molecule is Cc1c(Cl)cccc1NC(=O)c1cc(-c2ccc(Cl)s2)nc2ccccc12. The summed E-state index contributed by atoms with van der Waals surface area (Å²) in [5.41, 5.74) is 3.55. The summed E-state index contributed by atoms with van der Waals surface area (Å²) in [6, 6.07) is 18.6. The lowest BCUT2D eigenvalue weighted by atomic mass is 10.1. The number of para-hydroxylation sites is 1. The van der Waals surface area contributed by atoms with Gasteiger partial charge in [0.1, 0.15) is 0 Å². The Balaban J connectivity index is 1.82. The highest BCUT2D eigenvalue weighted by Gasteiger charge is 2.16. The van der Waals surface area contributed by atoms with Crippen LogP contribution in [-0.2, 0) is 0 Å². The quantitative estimate of drug-likeness (QED) is 0.400. The predicted molar refractivity (Wildman–Crippen MR) is 114 cm³/mol. The molecule has 0 fully saturated rings. The van der Waals surface area contributed by atoms with Crippen LogP contribution in [0, 0.1) is 6.92 Å². The third-order valence-electron chi connectivity index (χ3n) is 4.30. The van der Waals surface area contributed by atoms with Gasteiger partial charge in [0.05, 0.1) is 26.0 Å². The van der Waals surface area contributed by atoms with E-state index in [2.05, 4.69) is 5.32 Å². The first-order valence-corrected chi connectivity index (χ1v) is 9.82. The Morgan fingerprint density at radius 3 is 2.63 bits per heavy atom. The van der Waals surface area contributed by atoms with Crippen LogP contribution in [0.25, 0.3) is 21.5 Å². The molecule has 0 saturated heterocycles. The van der Waals surface area contributed by atoms with Gasteiger partial charge in [-0.3, -0.25) is 4.79 Å². The molecule has 6 heteroatoms. The minimum atomic E-state index is -0.206. The Morgan fingerprint density at radius 1 is 1.04 bits per heavy atom. The molecule has 2 aromatic heterocycles. The molecule has 1 N–H and O–H groups in total. The number of nitrogens with zero attached hydrogens (tertiary/aromatic N) is 1. The molecule has 0 radical (unpaired) electrons. The molecule has 3 nitrogen and oxygen atoms in total. The average molecular weight is 413 g/mol. The summed E-state index contributed by atoms with van der Waals surface area (Å²) in [5.74, 6) is -0.206. The third kappa shape index (κ3) is 3.56. The third-order valence-corrected chi connectivity index (χ3v) is 5.97. The van der Waals surface area contributed by atoms with E-state index in [4.69, 9.17) is 28.2 Å². The van der Waals surface area contributed by atoms with Crippen molar-refractivity contribution in [3.8, 4) is 10.6 Å². The molecule has 0 spiro atoms. The summed E-state index contributed by atoms with van der Waals surface area (Å²) in [7, 11) is 0. The Labute approximate surface area is 170 Å². The van der Waals surface area contributed by atoms with E-state index >= 15 is 0 Å². The van der Waals surface area contributed by atoms with Crippen molar-refractivity contribution in [2.75, 3.05) is 5.32 Å². The topological polar surface area (TPSA) is 42.0 Å². The van der Waals surface area contributed by atoms with Gasteiger partial charge < -0.3 is 5.32 Å². The van der Waals surface area contributed by atoms with E-state index in [0.717, 1.165) is 27.0 Å². The first kappa shape index (κ1) is 18.0. The summed E-state index contributed by atoms with van der Waals surface area (Å²) in [6.07, 6.45) is 0. The fourth-order valence-electron chi connectivity index (χ4n) is 2.87. The monoisotopic (exact) mass is 412 g/mol. The van der Waals surface area contributed by atoms with Crippen molar-refractivity contribution >= 4 is 57.0 Å².